The zero-order chi connectivity index (χ0) is 12.0. The van der Waals surface area contributed by atoms with Gasteiger partial charge < -0.3 is 5.73 Å². The number of hydrogen-bond acceptors (Lipinski definition) is 1. The molecule has 0 bridgehead atoms. The van der Waals surface area contributed by atoms with Crippen LogP contribution in [0.3, 0.4) is 0 Å². The molecule has 0 heterocycles. The number of nitrogens with two attached hydrogens (primary N) is 1. The van der Waals surface area contributed by atoms with E-state index in [1.807, 2.05) is 0 Å². The first-order valence-corrected chi connectivity index (χ1v) is 6.21. The van der Waals surface area contributed by atoms with Gasteiger partial charge in [0.15, 0.2) is 0 Å². The molecule has 0 amide bonds. The van der Waals surface area contributed by atoms with Crippen molar-refractivity contribution in [3.05, 3.63) is 42.0 Å². The lowest BCUT2D eigenvalue weighted by atomic mass is 9.92. The van der Waals surface area contributed by atoms with Gasteiger partial charge in [0.25, 0.3) is 0 Å². The molecule has 1 aromatic rings. The third-order valence-corrected chi connectivity index (χ3v) is 3.12. The molecule has 1 rings (SSSR count). The number of hydrogen-bond donors (Lipinski definition) is 1. The molecular formula is C15H23N. The van der Waals surface area contributed by atoms with Crippen molar-refractivity contribution in [1.29, 1.82) is 0 Å². The zero-order valence-electron chi connectivity index (χ0n) is 10.5. The minimum absolute atomic E-state index is 0.646. The molecule has 0 aromatic heterocycles. The van der Waals surface area contributed by atoms with Gasteiger partial charge in [0, 0.05) is 5.70 Å². The zero-order valence-corrected chi connectivity index (χ0v) is 10.5. The Hall–Kier alpha value is -1.24. The summed E-state index contributed by atoms with van der Waals surface area (Å²) < 4.78 is 0. The molecule has 1 nitrogen and oxygen atoms in total. The summed E-state index contributed by atoms with van der Waals surface area (Å²) in [6.07, 6.45) is 5.04. The van der Waals surface area contributed by atoms with Crippen LogP contribution in [0.4, 0.5) is 0 Å². The molecule has 1 unspecified atom stereocenters. The monoisotopic (exact) mass is 217 g/mol. The van der Waals surface area contributed by atoms with Crippen molar-refractivity contribution in [2.24, 2.45) is 11.7 Å². The number of benzene rings is 1. The molecule has 0 aliphatic rings. The van der Waals surface area contributed by atoms with Crippen LogP contribution in [-0.4, -0.2) is 0 Å². The van der Waals surface area contributed by atoms with Gasteiger partial charge in [-0.05, 0) is 23.5 Å². The van der Waals surface area contributed by atoms with E-state index in [0.717, 1.165) is 11.5 Å². The fourth-order valence-electron chi connectivity index (χ4n) is 2.05. The maximum atomic E-state index is 5.64. The van der Waals surface area contributed by atoms with Crippen LogP contribution < -0.4 is 5.73 Å². The molecule has 0 spiro atoms. The lowest BCUT2D eigenvalue weighted by molar-refractivity contribution is 0.462. The molecule has 0 radical (unpaired) electrons. The smallest absolute Gasteiger partial charge is 0.0314 e. The highest BCUT2D eigenvalue weighted by molar-refractivity contribution is 5.60. The first-order valence-electron chi connectivity index (χ1n) is 6.21. The summed E-state index contributed by atoms with van der Waals surface area (Å²) >= 11 is 0. The minimum atomic E-state index is 0.646. The van der Waals surface area contributed by atoms with E-state index in [0.29, 0.717) is 5.70 Å². The van der Waals surface area contributed by atoms with Gasteiger partial charge in [-0.15, -0.1) is 0 Å². The topological polar surface area (TPSA) is 26.0 Å². The Kier molecular flexibility index (Phi) is 5.10. The summed E-state index contributed by atoms with van der Waals surface area (Å²) in [6.45, 7) is 8.27. The van der Waals surface area contributed by atoms with E-state index in [1.54, 1.807) is 0 Å². The molecule has 0 saturated carbocycles. The highest BCUT2D eigenvalue weighted by atomic mass is 14.6. The van der Waals surface area contributed by atoms with E-state index in [4.69, 9.17) is 5.73 Å². The SMILES string of the molecule is C=C(N)c1ccc(CC(CC)CCC)cc1. The van der Waals surface area contributed by atoms with Crippen LogP contribution in [0.5, 0.6) is 0 Å². The average Bonchev–Trinajstić information content (AvgIpc) is 2.29. The molecule has 1 heteroatoms. The van der Waals surface area contributed by atoms with Crippen LogP contribution in [-0.2, 0) is 6.42 Å². The van der Waals surface area contributed by atoms with Crippen molar-refractivity contribution in [1.82, 2.24) is 0 Å². The van der Waals surface area contributed by atoms with Crippen LogP contribution in [0.1, 0.15) is 44.2 Å². The standard InChI is InChI=1S/C15H23N/c1-4-6-13(5-2)11-14-7-9-15(10-8-14)12(3)16/h7-10,13H,3-6,11,16H2,1-2H3. The highest BCUT2D eigenvalue weighted by Gasteiger charge is 2.06. The van der Waals surface area contributed by atoms with E-state index in [9.17, 15) is 0 Å². The quantitative estimate of drug-likeness (QED) is 0.766. The van der Waals surface area contributed by atoms with Gasteiger partial charge in [0.05, 0.1) is 0 Å². The Labute approximate surface area is 99.4 Å². The van der Waals surface area contributed by atoms with E-state index in [2.05, 4.69) is 44.7 Å². The van der Waals surface area contributed by atoms with Gasteiger partial charge in [-0.3, -0.25) is 0 Å². The molecule has 1 atom stereocenters. The first-order chi connectivity index (χ1) is 7.67. The predicted octanol–water partition coefficient (Wildman–Crippen LogP) is 3.98. The third kappa shape index (κ3) is 3.73. The molecular weight excluding hydrogens is 194 g/mol. The van der Waals surface area contributed by atoms with E-state index in [1.165, 1.54) is 31.2 Å². The van der Waals surface area contributed by atoms with Crippen LogP contribution in [0.15, 0.2) is 30.8 Å². The summed E-state index contributed by atoms with van der Waals surface area (Å²) in [4.78, 5) is 0. The molecule has 1 aromatic carbocycles. The van der Waals surface area contributed by atoms with Crippen molar-refractivity contribution < 1.29 is 0 Å². The van der Waals surface area contributed by atoms with Crippen LogP contribution in [0.25, 0.3) is 5.70 Å². The van der Waals surface area contributed by atoms with Gasteiger partial charge in [-0.2, -0.15) is 0 Å². The Bertz CT molecular complexity index is 324. The highest BCUT2D eigenvalue weighted by Crippen LogP contribution is 2.18. The number of rotatable bonds is 6. The van der Waals surface area contributed by atoms with Gasteiger partial charge in [-0.25, -0.2) is 0 Å². The Morgan fingerprint density at radius 2 is 1.88 bits per heavy atom. The fourth-order valence-corrected chi connectivity index (χ4v) is 2.05. The van der Waals surface area contributed by atoms with E-state index >= 15 is 0 Å². The van der Waals surface area contributed by atoms with Gasteiger partial charge in [0.1, 0.15) is 0 Å². The second-order valence-corrected chi connectivity index (χ2v) is 4.49. The van der Waals surface area contributed by atoms with Crippen molar-refractivity contribution in [3.63, 3.8) is 0 Å². The maximum Gasteiger partial charge on any atom is 0.0314 e. The lowest BCUT2D eigenvalue weighted by Crippen LogP contribution is -2.03. The molecule has 2 N–H and O–H groups in total. The average molecular weight is 217 g/mol. The minimum Gasteiger partial charge on any atom is -0.399 e. The summed E-state index contributed by atoms with van der Waals surface area (Å²) in [7, 11) is 0. The molecule has 88 valence electrons. The molecule has 0 fully saturated rings. The first kappa shape index (κ1) is 12.8. The van der Waals surface area contributed by atoms with Gasteiger partial charge >= 0.3 is 0 Å². The Balaban J connectivity index is 2.63. The molecule has 16 heavy (non-hydrogen) atoms. The largest absolute Gasteiger partial charge is 0.399 e. The Morgan fingerprint density at radius 1 is 1.25 bits per heavy atom. The summed E-state index contributed by atoms with van der Waals surface area (Å²) in [5, 5.41) is 0. The van der Waals surface area contributed by atoms with Crippen molar-refractivity contribution >= 4 is 5.70 Å². The van der Waals surface area contributed by atoms with Crippen LogP contribution in [0.2, 0.25) is 0 Å². The molecule has 0 aliphatic heterocycles. The normalized spacial score (nSPS) is 12.4. The Morgan fingerprint density at radius 3 is 2.31 bits per heavy atom. The second-order valence-electron chi connectivity index (χ2n) is 4.49. The van der Waals surface area contributed by atoms with Crippen LogP contribution >= 0.6 is 0 Å². The third-order valence-electron chi connectivity index (χ3n) is 3.12. The molecule has 0 saturated heterocycles. The summed E-state index contributed by atoms with van der Waals surface area (Å²) in [5.74, 6) is 0.817. The summed E-state index contributed by atoms with van der Waals surface area (Å²) in [5.41, 5.74) is 8.73. The van der Waals surface area contributed by atoms with Crippen LogP contribution in [0, 0.1) is 5.92 Å². The van der Waals surface area contributed by atoms with Gasteiger partial charge in [0.2, 0.25) is 0 Å². The predicted molar refractivity (Wildman–Crippen MR) is 72.1 cm³/mol. The van der Waals surface area contributed by atoms with E-state index < -0.39 is 0 Å². The lowest BCUT2D eigenvalue weighted by Gasteiger charge is -2.13. The van der Waals surface area contributed by atoms with Crippen molar-refractivity contribution in [2.75, 3.05) is 0 Å². The summed E-state index contributed by atoms with van der Waals surface area (Å²) in [6, 6.07) is 8.48. The molecule has 0 aliphatic carbocycles. The van der Waals surface area contributed by atoms with E-state index in [-0.39, 0.29) is 0 Å². The second kappa shape index (κ2) is 6.37. The van der Waals surface area contributed by atoms with Crippen molar-refractivity contribution in [3.8, 4) is 0 Å². The van der Waals surface area contributed by atoms with Crippen molar-refractivity contribution in [2.45, 2.75) is 39.5 Å². The maximum absolute atomic E-state index is 5.64. The fraction of sp³-hybridized carbons (Fsp3) is 0.467. The van der Waals surface area contributed by atoms with Gasteiger partial charge in [-0.1, -0.05) is 64.0 Å².